The highest BCUT2D eigenvalue weighted by Crippen LogP contribution is 2.24. The molecule has 0 atom stereocenters. The second-order valence-electron chi connectivity index (χ2n) is 4.07. The highest BCUT2D eigenvalue weighted by molar-refractivity contribution is 5.60. The Hall–Kier alpha value is -1.57. The van der Waals surface area contributed by atoms with Gasteiger partial charge in [0.2, 0.25) is 0 Å². The molecular formula is C14H16NO. The third kappa shape index (κ3) is 2.96. The summed E-state index contributed by atoms with van der Waals surface area (Å²) in [5, 5.41) is 3.86. The van der Waals surface area contributed by atoms with Crippen LogP contribution in [0.25, 0.3) is 6.08 Å². The van der Waals surface area contributed by atoms with Gasteiger partial charge in [0.1, 0.15) is 12.8 Å². The van der Waals surface area contributed by atoms with Crippen molar-refractivity contribution >= 4 is 12.3 Å². The van der Waals surface area contributed by atoms with Crippen molar-refractivity contribution in [3.05, 3.63) is 42.0 Å². The molecule has 83 valence electrons. The van der Waals surface area contributed by atoms with Crippen LogP contribution in [0.5, 0.6) is 0 Å². The molecule has 0 aliphatic heterocycles. The van der Waals surface area contributed by atoms with E-state index in [2.05, 4.69) is 17.9 Å². The highest BCUT2D eigenvalue weighted by Gasteiger charge is 2.15. The number of hydrogen-bond acceptors (Lipinski definition) is 2. The molecule has 1 fully saturated rings. The van der Waals surface area contributed by atoms with Gasteiger partial charge < -0.3 is 4.84 Å². The van der Waals surface area contributed by atoms with Crippen LogP contribution in [0.15, 0.2) is 36.0 Å². The minimum Gasteiger partial charge on any atom is -0.391 e. The molecule has 16 heavy (non-hydrogen) atoms. The van der Waals surface area contributed by atoms with Gasteiger partial charge in [-0.15, -0.1) is 0 Å². The van der Waals surface area contributed by atoms with Gasteiger partial charge in [0.25, 0.3) is 0 Å². The van der Waals surface area contributed by atoms with Gasteiger partial charge in [0, 0.05) is 5.92 Å². The molecule has 1 aromatic carbocycles. The van der Waals surface area contributed by atoms with Crippen molar-refractivity contribution in [3.8, 4) is 0 Å². The maximum Gasteiger partial charge on any atom is 0.142 e. The first-order valence-corrected chi connectivity index (χ1v) is 5.67. The highest BCUT2D eigenvalue weighted by atomic mass is 16.6. The van der Waals surface area contributed by atoms with Crippen molar-refractivity contribution in [2.45, 2.75) is 25.9 Å². The monoisotopic (exact) mass is 214 g/mol. The summed E-state index contributed by atoms with van der Waals surface area (Å²) < 4.78 is 0. The van der Waals surface area contributed by atoms with E-state index in [0.717, 1.165) is 11.1 Å². The molecule has 1 aromatic rings. The van der Waals surface area contributed by atoms with Crippen molar-refractivity contribution in [1.29, 1.82) is 0 Å². The van der Waals surface area contributed by atoms with Crippen molar-refractivity contribution in [2.24, 2.45) is 11.1 Å². The molecule has 0 spiro atoms. The summed E-state index contributed by atoms with van der Waals surface area (Å²) in [7, 11) is 0. The fraction of sp³-hybridized carbons (Fsp3) is 0.357. The molecule has 2 nitrogen and oxygen atoms in total. The van der Waals surface area contributed by atoms with E-state index in [0.29, 0.717) is 12.5 Å². The Morgan fingerprint density at radius 3 is 2.69 bits per heavy atom. The molecule has 1 radical (unpaired) electrons. The van der Waals surface area contributed by atoms with Crippen LogP contribution in [0.2, 0.25) is 0 Å². The van der Waals surface area contributed by atoms with Crippen molar-refractivity contribution in [3.63, 3.8) is 0 Å². The molecule has 2 heteroatoms. The predicted molar refractivity (Wildman–Crippen MR) is 66.1 cm³/mol. The molecule has 1 aliphatic rings. The van der Waals surface area contributed by atoms with Gasteiger partial charge in [-0.1, -0.05) is 48.5 Å². The summed E-state index contributed by atoms with van der Waals surface area (Å²) in [6.07, 6.45) is 8.55. The molecule has 0 aromatic heterocycles. The predicted octanol–water partition coefficient (Wildman–Crippen LogP) is 3.51. The van der Waals surface area contributed by atoms with Crippen molar-refractivity contribution < 1.29 is 4.84 Å². The van der Waals surface area contributed by atoms with E-state index in [9.17, 15) is 0 Å². The lowest BCUT2D eigenvalue weighted by atomic mass is 9.87. The normalized spacial score (nSPS) is 16.0. The van der Waals surface area contributed by atoms with Crippen molar-refractivity contribution in [2.75, 3.05) is 0 Å². The summed E-state index contributed by atoms with van der Waals surface area (Å²) in [6, 6.07) is 8.09. The zero-order valence-electron chi connectivity index (χ0n) is 9.36. The van der Waals surface area contributed by atoms with Gasteiger partial charge in [-0.3, -0.25) is 0 Å². The van der Waals surface area contributed by atoms with Crippen LogP contribution in [0.3, 0.4) is 0 Å². The summed E-state index contributed by atoms with van der Waals surface area (Å²) in [5.74, 6) is 0.531. The number of nitrogens with zero attached hydrogens (tertiary/aromatic N) is 1. The fourth-order valence-corrected chi connectivity index (χ4v) is 1.51. The summed E-state index contributed by atoms with van der Waals surface area (Å²) in [4.78, 5) is 5.19. The van der Waals surface area contributed by atoms with Crippen LogP contribution in [-0.4, -0.2) is 6.21 Å². The third-order valence-electron chi connectivity index (χ3n) is 2.85. The van der Waals surface area contributed by atoms with Crippen LogP contribution in [-0.2, 0) is 11.4 Å². The quantitative estimate of drug-likeness (QED) is 0.543. The molecule has 0 bridgehead atoms. The number of rotatable bonds is 5. The molecule has 0 unspecified atom stereocenters. The van der Waals surface area contributed by atoms with Crippen LogP contribution >= 0.6 is 0 Å². The Bertz CT molecular complexity index is 363. The standard InChI is InChI=1S/C14H16NO/c1-2-12-6-8-14(9-7-12)11-16-15-10-13-4-3-5-13/h2,6-9,13H,1,3-5,11H2. The molecule has 1 aliphatic carbocycles. The number of benzene rings is 1. The largest absolute Gasteiger partial charge is 0.391 e. The van der Waals surface area contributed by atoms with Gasteiger partial charge in [-0.05, 0) is 24.0 Å². The van der Waals surface area contributed by atoms with E-state index in [4.69, 9.17) is 4.84 Å². The molecule has 0 saturated heterocycles. The van der Waals surface area contributed by atoms with Gasteiger partial charge in [-0.25, -0.2) is 0 Å². The molecule has 1 saturated carbocycles. The zero-order chi connectivity index (χ0) is 11.2. The third-order valence-corrected chi connectivity index (χ3v) is 2.85. The summed E-state index contributed by atoms with van der Waals surface area (Å²) in [6.45, 7) is 4.22. The Morgan fingerprint density at radius 2 is 2.12 bits per heavy atom. The first kappa shape index (κ1) is 10.9. The van der Waals surface area contributed by atoms with Crippen LogP contribution in [0, 0.1) is 5.92 Å². The average molecular weight is 214 g/mol. The first-order chi connectivity index (χ1) is 7.88. The fourth-order valence-electron chi connectivity index (χ4n) is 1.51. The lowest BCUT2D eigenvalue weighted by Crippen LogP contribution is -2.11. The second-order valence-corrected chi connectivity index (χ2v) is 4.07. The SMILES string of the molecule is C=Cc1ccc(CO/N=[C]\C2CCC2)cc1. The smallest absolute Gasteiger partial charge is 0.142 e. The Balaban J connectivity index is 1.75. The second kappa shape index (κ2) is 5.50. The molecule has 0 N–H and O–H groups in total. The topological polar surface area (TPSA) is 21.6 Å². The van der Waals surface area contributed by atoms with E-state index < -0.39 is 0 Å². The Kier molecular flexibility index (Phi) is 3.76. The summed E-state index contributed by atoms with van der Waals surface area (Å²) >= 11 is 0. The molecule has 0 heterocycles. The van der Waals surface area contributed by atoms with Crippen LogP contribution in [0.4, 0.5) is 0 Å². The first-order valence-electron chi connectivity index (χ1n) is 5.67. The lowest BCUT2D eigenvalue weighted by molar-refractivity contribution is 0.129. The van der Waals surface area contributed by atoms with E-state index >= 15 is 0 Å². The average Bonchev–Trinajstić information content (AvgIpc) is 2.27. The molecule has 0 amide bonds. The van der Waals surface area contributed by atoms with E-state index in [1.165, 1.54) is 19.3 Å². The number of hydrogen-bond donors (Lipinski definition) is 0. The minimum absolute atomic E-state index is 0.511. The van der Waals surface area contributed by atoms with E-state index in [1.54, 1.807) is 0 Å². The van der Waals surface area contributed by atoms with Gasteiger partial charge >= 0.3 is 0 Å². The molecular weight excluding hydrogens is 198 g/mol. The van der Waals surface area contributed by atoms with Crippen molar-refractivity contribution in [1.82, 2.24) is 0 Å². The Morgan fingerprint density at radius 1 is 1.38 bits per heavy atom. The van der Waals surface area contributed by atoms with Crippen LogP contribution < -0.4 is 0 Å². The van der Waals surface area contributed by atoms with Gasteiger partial charge in [-0.2, -0.15) is 0 Å². The van der Waals surface area contributed by atoms with Crippen LogP contribution in [0.1, 0.15) is 30.4 Å². The molecule has 2 rings (SSSR count). The van der Waals surface area contributed by atoms with Gasteiger partial charge in [0.05, 0.1) is 0 Å². The van der Waals surface area contributed by atoms with E-state index in [1.807, 2.05) is 30.3 Å². The minimum atomic E-state index is 0.511. The van der Waals surface area contributed by atoms with Gasteiger partial charge in [0.15, 0.2) is 0 Å². The lowest BCUT2D eigenvalue weighted by Gasteiger charge is -2.18. The maximum atomic E-state index is 5.19. The Labute approximate surface area is 96.6 Å². The zero-order valence-corrected chi connectivity index (χ0v) is 9.36. The maximum absolute atomic E-state index is 5.19. The summed E-state index contributed by atoms with van der Waals surface area (Å²) in [5.41, 5.74) is 2.23. The van der Waals surface area contributed by atoms with E-state index in [-0.39, 0.29) is 0 Å².